The molecule has 4 rings (SSSR count). The van der Waals surface area contributed by atoms with Gasteiger partial charge >= 0.3 is 12.2 Å². The minimum atomic E-state index is -4.44. The molecule has 2 amide bonds. The number of ether oxygens (including phenoxy) is 1. The van der Waals surface area contributed by atoms with Crippen LogP contribution in [-0.2, 0) is 6.18 Å². The Kier molecular flexibility index (Phi) is 7.16. The summed E-state index contributed by atoms with van der Waals surface area (Å²) in [5, 5.41) is 2.85. The molecule has 0 unspecified atom stereocenters. The molecule has 0 aliphatic carbocycles. The van der Waals surface area contributed by atoms with Gasteiger partial charge in [0.15, 0.2) is 0 Å². The SMILES string of the molecule is O=C(Nc1ccc(Br)nc1)N1CCC(=Cc2cccc(Oc3ccc(C(F)(F)F)cn3)c2)CC1. The van der Waals surface area contributed by atoms with Crippen molar-refractivity contribution in [2.45, 2.75) is 19.0 Å². The van der Waals surface area contributed by atoms with Gasteiger partial charge in [0.2, 0.25) is 5.88 Å². The Morgan fingerprint density at radius 2 is 1.85 bits per heavy atom. The number of likely N-dealkylation sites (tertiary alicyclic amines) is 1. The fraction of sp³-hybridized carbons (Fsp3) is 0.208. The van der Waals surface area contributed by atoms with E-state index in [0.29, 0.717) is 29.1 Å². The maximum Gasteiger partial charge on any atom is 0.417 e. The number of alkyl halides is 3. The Balaban J connectivity index is 1.34. The van der Waals surface area contributed by atoms with E-state index >= 15 is 0 Å². The number of amides is 2. The average Bonchev–Trinajstić information content (AvgIpc) is 2.81. The molecule has 1 fully saturated rings. The molecule has 0 spiro atoms. The lowest BCUT2D eigenvalue weighted by molar-refractivity contribution is -0.137. The zero-order chi connectivity index (χ0) is 24.1. The Morgan fingerprint density at radius 1 is 1.06 bits per heavy atom. The summed E-state index contributed by atoms with van der Waals surface area (Å²) < 4.78 is 44.4. The molecule has 1 aliphatic rings. The van der Waals surface area contributed by atoms with Crippen LogP contribution in [0.25, 0.3) is 6.08 Å². The lowest BCUT2D eigenvalue weighted by Crippen LogP contribution is -2.39. The van der Waals surface area contributed by atoms with Crippen LogP contribution in [0.4, 0.5) is 23.7 Å². The third kappa shape index (κ3) is 6.34. The minimum absolute atomic E-state index is 0.0816. The Bertz CT molecular complexity index is 1170. The van der Waals surface area contributed by atoms with E-state index in [2.05, 4.69) is 31.2 Å². The van der Waals surface area contributed by atoms with Crippen LogP contribution in [0.1, 0.15) is 24.0 Å². The molecule has 3 aromatic rings. The summed E-state index contributed by atoms with van der Waals surface area (Å²) in [5.74, 6) is 0.555. The highest BCUT2D eigenvalue weighted by Gasteiger charge is 2.30. The number of hydrogen-bond acceptors (Lipinski definition) is 4. The highest BCUT2D eigenvalue weighted by molar-refractivity contribution is 9.10. The monoisotopic (exact) mass is 532 g/mol. The number of rotatable bonds is 4. The summed E-state index contributed by atoms with van der Waals surface area (Å²) in [6.07, 6.45) is 1.41. The molecule has 0 saturated carbocycles. The number of halogens is 4. The van der Waals surface area contributed by atoms with Gasteiger partial charge in [-0.2, -0.15) is 13.2 Å². The number of nitrogens with zero attached hydrogens (tertiary/aromatic N) is 3. The number of carbonyl (C=O) groups is 1. The van der Waals surface area contributed by atoms with Gasteiger partial charge in [0.05, 0.1) is 17.4 Å². The second-order valence-electron chi connectivity index (χ2n) is 7.65. The van der Waals surface area contributed by atoms with Crippen LogP contribution in [0.15, 0.2) is 71.1 Å². The van der Waals surface area contributed by atoms with Crippen LogP contribution < -0.4 is 10.1 Å². The number of nitrogens with one attached hydrogen (secondary N) is 1. The van der Waals surface area contributed by atoms with Crippen molar-refractivity contribution in [1.82, 2.24) is 14.9 Å². The van der Waals surface area contributed by atoms with Gasteiger partial charge in [0, 0.05) is 25.4 Å². The summed E-state index contributed by atoms with van der Waals surface area (Å²) in [5.41, 5.74) is 1.90. The molecular weight excluding hydrogens is 513 g/mol. The number of pyridine rings is 2. The predicted molar refractivity (Wildman–Crippen MR) is 125 cm³/mol. The largest absolute Gasteiger partial charge is 0.439 e. The molecule has 3 heterocycles. The van der Waals surface area contributed by atoms with E-state index in [1.165, 1.54) is 11.6 Å². The zero-order valence-corrected chi connectivity index (χ0v) is 19.4. The number of aromatic nitrogens is 2. The first-order valence-electron chi connectivity index (χ1n) is 10.4. The van der Waals surface area contributed by atoms with E-state index < -0.39 is 11.7 Å². The number of urea groups is 1. The Hall–Kier alpha value is -3.40. The van der Waals surface area contributed by atoms with Gasteiger partial charge in [0.1, 0.15) is 10.4 Å². The fourth-order valence-corrected chi connectivity index (χ4v) is 3.66. The van der Waals surface area contributed by atoms with Crippen molar-refractivity contribution in [3.8, 4) is 11.6 Å². The second kappa shape index (κ2) is 10.3. The van der Waals surface area contributed by atoms with Gasteiger partial charge in [0.25, 0.3) is 0 Å². The van der Waals surface area contributed by atoms with Crippen molar-refractivity contribution in [3.05, 3.63) is 82.2 Å². The maximum absolute atomic E-state index is 12.7. The molecule has 1 aliphatic heterocycles. The highest BCUT2D eigenvalue weighted by atomic mass is 79.9. The topological polar surface area (TPSA) is 67.4 Å². The average molecular weight is 533 g/mol. The van der Waals surface area contributed by atoms with Gasteiger partial charge in [-0.05, 0) is 64.7 Å². The van der Waals surface area contributed by atoms with E-state index in [9.17, 15) is 18.0 Å². The van der Waals surface area contributed by atoms with Crippen LogP contribution >= 0.6 is 15.9 Å². The van der Waals surface area contributed by atoms with Crippen LogP contribution in [-0.4, -0.2) is 34.0 Å². The lowest BCUT2D eigenvalue weighted by Gasteiger charge is -2.28. The summed E-state index contributed by atoms with van der Waals surface area (Å²) >= 11 is 3.26. The van der Waals surface area contributed by atoms with Crippen LogP contribution in [0.2, 0.25) is 0 Å². The van der Waals surface area contributed by atoms with Crippen LogP contribution in [0, 0.1) is 0 Å². The van der Waals surface area contributed by atoms with Crippen molar-refractivity contribution >= 4 is 33.7 Å². The first-order chi connectivity index (χ1) is 16.3. The fourth-order valence-electron chi connectivity index (χ4n) is 3.43. The van der Waals surface area contributed by atoms with Gasteiger partial charge in [-0.15, -0.1) is 0 Å². The standard InChI is InChI=1S/C24H20BrF3N4O2/c25-21-6-5-19(15-29-21)31-23(33)32-10-8-16(9-11-32)12-17-2-1-3-20(13-17)34-22-7-4-18(14-30-22)24(26,27)28/h1-7,12-15H,8-11H2,(H,31,33). The zero-order valence-electron chi connectivity index (χ0n) is 17.8. The van der Waals surface area contributed by atoms with Gasteiger partial charge < -0.3 is 15.0 Å². The molecule has 1 N–H and O–H groups in total. The van der Waals surface area contributed by atoms with E-state index in [1.54, 1.807) is 41.4 Å². The Labute approximate surface area is 202 Å². The molecule has 2 aromatic heterocycles. The molecule has 0 atom stereocenters. The molecule has 1 saturated heterocycles. The molecule has 1 aromatic carbocycles. The molecular formula is C24H20BrF3N4O2. The van der Waals surface area contributed by atoms with Crippen molar-refractivity contribution in [2.24, 2.45) is 0 Å². The van der Waals surface area contributed by atoms with Crippen LogP contribution in [0.3, 0.4) is 0 Å². The first kappa shape index (κ1) is 23.7. The number of benzene rings is 1. The smallest absolute Gasteiger partial charge is 0.417 e. The minimum Gasteiger partial charge on any atom is -0.439 e. The first-order valence-corrected chi connectivity index (χ1v) is 11.2. The van der Waals surface area contributed by atoms with Crippen molar-refractivity contribution in [2.75, 3.05) is 18.4 Å². The quantitative estimate of drug-likeness (QED) is 0.377. The van der Waals surface area contributed by atoms with Gasteiger partial charge in [-0.25, -0.2) is 14.8 Å². The second-order valence-corrected chi connectivity index (χ2v) is 8.46. The van der Waals surface area contributed by atoms with E-state index in [0.717, 1.165) is 30.7 Å². The summed E-state index contributed by atoms with van der Waals surface area (Å²) in [7, 11) is 0. The molecule has 0 radical (unpaired) electrons. The number of carbonyl (C=O) groups excluding carboxylic acids is 1. The Morgan fingerprint density at radius 3 is 2.50 bits per heavy atom. The highest BCUT2D eigenvalue weighted by Crippen LogP contribution is 2.30. The van der Waals surface area contributed by atoms with Gasteiger partial charge in [-0.3, -0.25) is 0 Å². The van der Waals surface area contributed by atoms with Crippen LogP contribution in [0.5, 0.6) is 11.6 Å². The summed E-state index contributed by atoms with van der Waals surface area (Å²) in [6.45, 7) is 1.18. The molecule has 10 heteroatoms. The maximum atomic E-state index is 12.7. The summed E-state index contributed by atoms with van der Waals surface area (Å²) in [6, 6.07) is 12.7. The van der Waals surface area contributed by atoms with Crippen molar-refractivity contribution in [3.63, 3.8) is 0 Å². The van der Waals surface area contributed by atoms with E-state index in [4.69, 9.17) is 4.74 Å². The third-order valence-corrected chi connectivity index (χ3v) is 5.66. The predicted octanol–water partition coefficient (Wildman–Crippen LogP) is 6.76. The third-order valence-electron chi connectivity index (χ3n) is 5.19. The molecule has 6 nitrogen and oxygen atoms in total. The molecule has 0 bridgehead atoms. The lowest BCUT2D eigenvalue weighted by atomic mass is 10.0. The number of hydrogen-bond donors (Lipinski definition) is 1. The van der Waals surface area contributed by atoms with Crippen molar-refractivity contribution < 1.29 is 22.7 Å². The number of anilines is 1. The summed E-state index contributed by atoms with van der Waals surface area (Å²) in [4.78, 5) is 22.1. The van der Waals surface area contributed by atoms with E-state index in [1.807, 2.05) is 12.1 Å². The van der Waals surface area contributed by atoms with Gasteiger partial charge in [-0.1, -0.05) is 23.8 Å². The number of piperidine rings is 1. The van der Waals surface area contributed by atoms with E-state index in [-0.39, 0.29) is 11.9 Å². The van der Waals surface area contributed by atoms with Crippen molar-refractivity contribution in [1.29, 1.82) is 0 Å². The normalized spacial score (nSPS) is 14.0. The molecule has 176 valence electrons. The molecule has 34 heavy (non-hydrogen) atoms.